The lowest BCUT2D eigenvalue weighted by atomic mass is 9.97. The van der Waals surface area contributed by atoms with E-state index in [2.05, 4.69) is 17.0 Å². The molecule has 0 radical (unpaired) electrons. The van der Waals surface area contributed by atoms with E-state index in [1.165, 1.54) is 17.0 Å². The van der Waals surface area contributed by atoms with Crippen molar-refractivity contribution in [2.45, 2.75) is 62.7 Å². The molecule has 0 aliphatic carbocycles. The first-order valence-electron chi connectivity index (χ1n) is 12.5. The highest BCUT2D eigenvalue weighted by atomic mass is 32.2. The monoisotopic (exact) mass is 539 g/mol. The molecule has 0 fully saturated rings. The van der Waals surface area contributed by atoms with Crippen LogP contribution in [-0.4, -0.2) is 60.8 Å². The largest absolute Gasteiger partial charge is 0.479 e. The fourth-order valence-electron chi connectivity index (χ4n) is 4.89. The van der Waals surface area contributed by atoms with Crippen LogP contribution in [0.3, 0.4) is 0 Å². The van der Waals surface area contributed by atoms with Gasteiger partial charge < -0.3 is 21.1 Å². The Morgan fingerprint density at radius 2 is 2.00 bits per heavy atom. The maximum Gasteiger partial charge on any atom is 0.330 e. The van der Waals surface area contributed by atoms with Crippen molar-refractivity contribution in [3.8, 4) is 0 Å². The minimum atomic E-state index is -4.14. The summed E-state index contributed by atoms with van der Waals surface area (Å²) in [6.45, 7) is 4.57. The molecule has 2 aromatic rings. The number of nitrogens with two attached hydrogens (primary N) is 1. The van der Waals surface area contributed by atoms with Crippen molar-refractivity contribution in [2.24, 2.45) is 5.73 Å². The highest BCUT2D eigenvalue weighted by molar-refractivity contribution is 7.89. The predicted molar refractivity (Wildman–Crippen MR) is 143 cm³/mol. The molecule has 11 heteroatoms. The molecule has 4 rings (SSSR count). The summed E-state index contributed by atoms with van der Waals surface area (Å²) in [7, 11) is -4.14. The topological polar surface area (TPSA) is 166 Å². The van der Waals surface area contributed by atoms with E-state index in [0.717, 1.165) is 23.1 Å². The van der Waals surface area contributed by atoms with Crippen LogP contribution in [0.25, 0.3) is 0 Å². The molecule has 0 spiro atoms. The number of fused-ring (bicyclic) bond motifs is 1. The molecule has 2 aliphatic heterocycles. The zero-order valence-electron chi connectivity index (χ0n) is 21.4. The number of amides is 1. The Balaban J connectivity index is 1.68. The number of nitrogens with one attached hydrogen (secondary N) is 3. The lowest BCUT2D eigenvalue weighted by molar-refractivity contribution is -0.149. The van der Waals surface area contributed by atoms with Crippen LogP contribution in [0.1, 0.15) is 42.5 Å². The van der Waals surface area contributed by atoms with Crippen LogP contribution in [0.15, 0.2) is 59.0 Å². The van der Waals surface area contributed by atoms with Crippen LogP contribution in [-0.2, 0) is 39.0 Å². The first kappa shape index (κ1) is 27.5. The predicted octanol–water partition coefficient (Wildman–Crippen LogP) is 1.53. The van der Waals surface area contributed by atoms with Crippen LogP contribution in [0, 0.1) is 5.41 Å². The first-order chi connectivity index (χ1) is 17.9. The van der Waals surface area contributed by atoms with Crippen LogP contribution >= 0.6 is 0 Å². The Morgan fingerprint density at radius 3 is 2.71 bits per heavy atom. The van der Waals surface area contributed by atoms with Crippen LogP contribution < -0.4 is 15.8 Å². The second kappa shape index (κ2) is 11.1. The van der Waals surface area contributed by atoms with Crippen molar-refractivity contribution in [1.82, 2.24) is 14.9 Å². The van der Waals surface area contributed by atoms with Crippen molar-refractivity contribution < 1.29 is 23.1 Å². The van der Waals surface area contributed by atoms with Gasteiger partial charge >= 0.3 is 5.97 Å². The average molecular weight is 540 g/mol. The van der Waals surface area contributed by atoms with Gasteiger partial charge in [-0.25, -0.2) is 13.2 Å². The van der Waals surface area contributed by atoms with Crippen LogP contribution in [0.5, 0.6) is 0 Å². The van der Waals surface area contributed by atoms with Crippen molar-refractivity contribution in [3.05, 3.63) is 76.4 Å². The fraction of sp³-hybridized carbons (Fsp3) is 0.370. The smallest absolute Gasteiger partial charge is 0.330 e. The SMILES string of the molecule is CC1=C[C@@H](C(=O)O)N(C(=O)[C@H](Cc2cccc(C(=N)N)c2)NS(=O)(=O)c2ccc3c(c2)CNC(C)C3)CC1. The average Bonchev–Trinajstić information content (AvgIpc) is 2.87. The van der Waals surface area contributed by atoms with Gasteiger partial charge in [0.05, 0.1) is 4.90 Å². The standard InChI is InChI=1S/C27H33N5O5S/c1-16-8-9-32(24(10-16)27(34)35)26(33)23(13-18-4-3-5-20(12-18)25(28)29)31-38(36,37)22-7-6-19-11-17(2)30-15-21(19)14-22/h3-7,10,12,14,17,23-24,30-31H,8-9,11,13,15H2,1-2H3,(H3,28,29)(H,34,35)/t17?,23-,24-/m0/s1. The summed E-state index contributed by atoms with van der Waals surface area (Å²) in [6.07, 6.45) is 2.75. The zero-order valence-corrected chi connectivity index (χ0v) is 22.2. The molecular weight excluding hydrogens is 506 g/mol. The summed E-state index contributed by atoms with van der Waals surface area (Å²) in [4.78, 5) is 26.9. The van der Waals surface area contributed by atoms with Crippen LogP contribution in [0.2, 0.25) is 0 Å². The lowest BCUT2D eigenvalue weighted by Gasteiger charge is -2.34. The summed E-state index contributed by atoms with van der Waals surface area (Å²) in [5.41, 5.74) is 9.44. The quantitative estimate of drug-likeness (QED) is 0.193. The number of carboxylic acid groups (broad SMARTS) is 1. The molecule has 0 saturated carbocycles. The van der Waals surface area contributed by atoms with Crippen molar-refractivity contribution >= 4 is 27.7 Å². The number of rotatable bonds is 8. The minimum Gasteiger partial charge on any atom is -0.479 e. The molecule has 1 unspecified atom stereocenters. The first-order valence-corrected chi connectivity index (χ1v) is 13.9. The molecule has 0 aromatic heterocycles. The van der Waals surface area contributed by atoms with Gasteiger partial charge in [-0.3, -0.25) is 10.2 Å². The molecule has 0 saturated heterocycles. The number of carboxylic acids is 1. The number of carbonyl (C=O) groups is 2. The van der Waals surface area contributed by atoms with Crippen LogP contribution in [0.4, 0.5) is 0 Å². The molecule has 2 aliphatic rings. The van der Waals surface area contributed by atoms with Gasteiger partial charge in [0, 0.05) is 24.7 Å². The van der Waals surface area contributed by atoms with Gasteiger partial charge in [-0.2, -0.15) is 4.72 Å². The molecule has 3 atom stereocenters. The van der Waals surface area contributed by atoms with Gasteiger partial charge in [-0.1, -0.05) is 35.9 Å². The molecule has 2 aromatic carbocycles. The van der Waals surface area contributed by atoms with Gasteiger partial charge in [-0.05, 0) is 68.0 Å². The number of sulfonamides is 1. The van der Waals surface area contributed by atoms with E-state index in [-0.39, 0.29) is 23.7 Å². The molecule has 202 valence electrons. The number of hydrogen-bond acceptors (Lipinski definition) is 6. The molecule has 0 bridgehead atoms. The molecule has 10 nitrogen and oxygen atoms in total. The van der Waals surface area contributed by atoms with E-state index >= 15 is 0 Å². The van der Waals surface area contributed by atoms with E-state index < -0.39 is 34.0 Å². The van der Waals surface area contributed by atoms with Gasteiger partial charge in [0.2, 0.25) is 15.9 Å². The van der Waals surface area contributed by atoms with Gasteiger partial charge in [0.1, 0.15) is 17.9 Å². The summed E-state index contributed by atoms with van der Waals surface area (Å²) in [5, 5.41) is 20.8. The second-order valence-corrected chi connectivity index (χ2v) is 11.7. The van der Waals surface area contributed by atoms with Crippen molar-refractivity contribution in [1.29, 1.82) is 5.41 Å². The Bertz CT molecular complexity index is 1400. The summed E-state index contributed by atoms with van der Waals surface area (Å²) in [5.74, 6) is -1.98. The highest BCUT2D eigenvalue weighted by Gasteiger charge is 2.36. The molecule has 1 amide bonds. The maximum absolute atomic E-state index is 13.8. The molecular formula is C27H33N5O5S. The Hall–Kier alpha value is -3.54. The second-order valence-electron chi connectivity index (χ2n) is 9.99. The number of nitrogen functional groups attached to an aromatic ring is 1. The van der Waals surface area contributed by atoms with E-state index in [0.29, 0.717) is 30.1 Å². The Kier molecular flexibility index (Phi) is 8.00. The lowest BCUT2D eigenvalue weighted by Crippen LogP contribution is -2.55. The van der Waals surface area contributed by atoms with Crippen molar-refractivity contribution in [3.63, 3.8) is 0 Å². The highest BCUT2D eigenvalue weighted by Crippen LogP contribution is 2.23. The maximum atomic E-state index is 13.8. The van der Waals surface area contributed by atoms with E-state index in [1.54, 1.807) is 43.3 Å². The summed E-state index contributed by atoms with van der Waals surface area (Å²) >= 11 is 0. The van der Waals surface area contributed by atoms with Crippen molar-refractivity contribution in [2.75, 3.05) is 6.54 Å². The normalized spacial score (nSPS) is 20.3. The van der Waals surface area contributed by atoms with E-state index in [4.69, 9.17) is 11.1 Å². The summed E-state index contributed by atoms with van der Waals surface area (Å²) < 4.78 is 29.6. The third-order valence-corrected chi connectivity index (χ3v) is 8.46. The number of benzene rings is 2. The number of hydrogen-bond donors (Lipinski definition) is 5. The Labute approximate surface area is 222 Å². The number of nitrogens with zero attached hydrogens (tertiary/aromatic N) is 1. The number of amidine groups is 1. The zero-order chi connectivity index (χ0) is 27.6. The Morgan fingerprint density at radius 1 is 1.24 bits per heavy atom. The third kappa shape index (κ3) is 6.12. The molecule has 38 heavy (non-hydrogen) atoms. The van der Waals surface area contributed by atoms with E-state index in [9.17, 15) is 23.1 Å². The van der Waals surface area contributed by atoms with E-state index in [1.807, 2.05) is 0 Å². The van der Waals surface area contributed by atoms with Gasteiger partial charge in [-0.15, -0.1) is 0 Å². The third-order valence-electron chi connectivity index (χ3n) is 6.99. The fourth-order valence-corrected chi connectivity index (χ4v) is 6.13. The molecule has 2 heterocycles. The number of aliphatic carboxylic acids is 1. The van der Waals surface area contributed by atoms with Gasteiger partial charge in [0.15, 0.2) is 0 Å². The minimum absolute atomic E-state index is 0.0343. The number of carbonyl (C=O) groups excluding carboxylic acids is 1. The summed E-state index contributed by atoms with van der Waals surface area (Å²) in [6, 6.07) is 9.42. The molecule has 6 N–H and O–H groups in total. The van der Waals surface area contributed by atoms with Gasteiger partial charge in [0.25, 0.3) is 0 Å².